The molecule has 0 aliphatic heterocycles. The minimum atomic E-state index is -4.42. The van der Waals surface area contributed by atoms with Crippen LogP contribution in [-0.4, -0.2) is 31.2 Å². The molecule has 0 radical (unpaired) electrons. The molecule has 3 amide bonds. The summed E-state index contributed by atoms with van der Waals surface area (Å²) in [6.07, 6.45) is -4.42. The molecule has 0 aromatic heterocycles. The van der Waals surface area contributed by atoms with Crippen LogP contribution in [0.3, 0.4) is 0 Å². The number of alkyl halides is 4. The molecule has 0 unspecified atom stereocenters. The molecule has 0 saturated heterocycles. The SMILES string of the molecule is C[C@@H](NC(=O)N[C@H](C)c1ccc(C(F)(F)F)cc1)C(=O)NCCF. The van der Waals surface area contributed by atoms with Crippen molar-refractivity contribution in [2.75, 3.05) is 13.2 Å². The summed E-state index contributed by atoms with van der Waals surface area (Å²) in [5.74, 6) is -0.537. The lowest BCUT2D eigenvalue weighted by Gasteiger charge is -2.18. The molecule has 1 rings (SSSR count). The smallest absolute Gasteiger partial charge is 0.352 e. The van der Waals surface area contributed by atoms with Crippen molar-refractivity contribution < 1.29 is 27.2 Å². The van der Waals surface area contributed by atoms with Gasteiger partial charge in [0.2, 0.25) is 5.91 Å². The summed E-state index contributed by atoms with van der Waals surface area (Å²) in [6, 6.07) is 2.29. The fourth-order valence-electron chi connectivity index (χ4n) is 1.87. The van der Waals surface area contributed by atoms with Gasteiger partial charge in [0.1, 0.15) is 12.7 Å². The van der Waals surface area contributed by atoms with Gasteiger partial charge in [0.05, 0.1) is 11.6 Å². The number of hydrogen-bond acceptors (Lipinski definition) is 2. The Morgan fingerprint density at radius 2 is 1.67 bits per heavy atom. The third-order valence-electron chi connectivity index (χ3n) is 3.22. The number of benzene rings is 1. The Bertz CT molecular complexity index is 561. The summed E-state index contributed by atoms with van der Waals surface area (Å²) >= 11 is 0. The highest BCUT2D eigenvalue weighted by Gasteiger charge is 2.30. The second-order valence-corrected chi connectivity index (χ2v) is 5.16. The van der Waals surface area contributed by atoms with Crippen LogP contribution in [0.1, 0.15) is 31.0 Å². The Morgan fingerprint density at radius 3 is 2.17 bits per heavy atom. The van der Waals surface area contributed by atoms with Gasteiger partial charge in [-0.15, -0.1) is 0 Å². The molecule has 5 nitrogen and oxygen atoms in total. The maximum Gasteiger partial charge on any atom is 0.416 e. The highest BCUT2D eigenvalue weighted by atomic mass is 19.4. The zero-order valence-corrected chi connectivity index (χ0v) is 13.2. The number of halogens is 4. The van der Waals surface area contributed by atoms with Crippen LogP contribution in [0.4, 0.5) is 22.4 Å². The summed E-state index contributed by atoms with van der Waals surface area (Å²) in [5, 5.41) is 7.15. The molecule has 3 N–H and O–H groups in total. The van der Waals surface area contributed by atoms with E-state index >= 15 is 0 Å². The lowest BCUT2D eigenvalue weighted by molar-refractivity contribution is -0.137. The van der Waals surface area contributed by atoms with Gasteiger partial charge in [0.15, 0.2) is 0 Å². The van der Waals surface area contributed by atoms with Crippen molar-refractivity contribution in [3.63, 3.8) is 0 Å². The Balaban J connectivity index is 2.56. The number of rotatable bonds is 6. The van der Waals surface area contributed by atoms with Crippen molar-refractivity contribution in [2.45, 2.75) is 32.1 Å². The minimum absolute atomic E-state index is 0.144. The number of amides is 3. The Morgan fingerprint density at radius 1 is 1.08 bits per heavy atom. The maximum absolute atomic E-state index is 12.5. The van der Waals surface area contributed by atoms with Crippen LogP contribution in [-0.2, 0) is 11.0 Å². The van der Waals surface area contributed by atoms with E-state index in [1.807, 2.05) is 0 Å². The van der Waals surface area contributed by atoms with E-state index in [0.717, 1.165) is 12.1 Å². The van der Waals surface area contributed by atoms with Crippen molar-refractivity contribution in [3.8, 4) is 0 Å². The van der Waals surface area contributed by atoms with Crippen LogP contribution in [0.15, 0.2) is 24.3 Å². The standard InChI is InChI=1S/C15H19F4N3O2/c1-9(11-3-5-12(6-4-11)15(17,18)19)21-14(24)22-10(2)13(23)20-8-7-16/h3-6,9-10H,7-8H2,1-2H3,(H,20,23)(H2,21,22,24)/t9-,10-/m1/s1. The van der Waals surface area contributed by atoms with Crippen molar-refractivity contribution >= 4 is 11.9 Å². The molecule has 134 valence electrons. The van der Waals surface area contributed by atoms with Gasteiger partial charge in [-0.2, -0.15) is 13.2 Å². The number of urea groups is 1. The van der Waals surface area contributed by atoms with E-state index in [4.69, 9.17) is 0 Å². The van der Waals surface area contributed by atoms with Crippen molar-refractivity contribution in [2.24, 2.45) is 0 Å². The van der Waals surface area contributed by atoms with E-state index in [2.05, 4.69) is 16.0 Å². The van der Waals surface area contributed by atoms with Crippen molar-refractivity contribution in [1.82, 2.24) is 16.0 Å². The zero-order chi connectivity index (χ0) is 18.3. The summed E-state index contributed by atoms with van der Waals surface area (Å²) < 4.78 is 49.4. The third kappa shape index (κ3) is 6.05. The first kappa shape index (κ1) is 19.7. The summed E-state index contributed by atoms with van der Waals surface area (Å²) in [7, 11) is 0. The van der Waals surface area contributed by atoms with Crippen LogP contribution in [0, 0.1) is 0 Å². The Kier molecular flexibility index (Phi) is 6.99. The van der Waals surface area contributed by atoms with Crippen LogP contribution < -0.4 is 16.0 Å². The van der Waals surface area contributed by atoms with E-state index in [0.29, 0.717) is 5.56 Å². The average molecular weight is 349 g/mol. The van der Waals surface area contributed by atoms with Crippen LogP contribution in [0.5, 0.6) is 0 Å². The molecule has 0 aliphatic rings. The average Bonchev–Trinajstić information content (AvgIpc) is 2.51. The Hall–Kier alpha value is -2.32. The number of hydrogen-bond donors (Lipinski definition) is 3. The van der Waals surface area contributed by atoms with Gasteiger partial charge in [-0.25, -0.2) is 9.18 Å². The minimum Gasteiger partial charge on any atom is -0.352 e. The summed E-state index contributed by atoms with van der Waals surface area (Å²) in [5.41, 5.74) is -0.297. The second kappa shape index (κ2) is 8.51. The van der Waals surface area contributed by atoms with E-state index in [1.165, 1.54) is 19.1 Å². The lowest BCUT2D eigenvalue weighted by atomic mass is 10.1. The predicted molar refractivity (Wildman–Crippen MR) is 80.0 cm³/mol. The summed E-state index contributed by atoms with van der Waals surface area (Å²) in [6.45, 7) is 2.16. The number of nitrogens with one attached hydrogen (secondary N) is 3. The molecule has 1 aromatic rings. The van der Waals surface area contributed by atoms with E-state index in [9.17, 15) is 27.2 Å². The Labute approximate surface area is 136 Å². The lowest BCUT2D eigenvalue weighted by Crippen LogP contribution is -2.49. The topological polar surface area (TPSA) is 70.2 Å². The van der Waals surface area contributed by atoms with Gasteiger partial charge < -0.3 is 16.0 Å². The van der Waals surface area contributed by atoms with Crippen molar-refractivity contribution in [1.29, 1.82) is 0 Å². The number of carbonyl (C=O) groups is 2. The molecule has 1 aromatic carbocycles. The molecular weight excluding hydrogens is 330 g/mol. The monoisotopic (exact) mass is 349 g/mol. The maximum atomic E-state index is 12.5. The highest BCUT2D eigenvalue weighted by molar-refractivity contribution is 5.86. The highest BCUT2D eigenvalue weighted by Crippen LogP contribution is 2.29. The molecule has 0 heterocycles. The molecular formula is C15H19F4N3O2. The molecule has 0 saturated carbocycles. The fraction of sp³-hybridized carbons (Fsp3) is 0.467. The van der Waals surface area contributed by atoms with Crippen molar-refractivity contribution in [3.05, 3.63) is 35.4 Å². The normalized spacial score (nSPS) is 13.8. The molecule has 0 bridgehead atoms. The van der Waals surface area contributed by atoms with Crippen LogP contribution >= 0.6 is 0 Å². The molecule has 0 fully saturated rings. The molecule has 0 aliphatic carbocycles. The quantitative estimate of drug-likeness (QED) is 0.691. The van der Waals surface area contributed by atoms with Crippen LogP contribution in [0.25, 0.3) is 0 Å². The zero-order valence-electron chi connectivity index (χ0n) is 13.2. The van der Waals surface area contributed by atoms with Gasteiger partial charge in [-0.05, 0) is 31.5 Å². The van der Waals surface area contributed by atoms with Crippen LogP contribution in [0.2, 0.25) is 0 Å². The van der Waals surface area contributed by atoms with Gasteiger partial charge in [0, 0.05) is 6.54 Å². The molecule has 9 heteroatoms. The van der Waals surface area contributed by atoms with E-state index < -0.39 is 42.4 Å². The fourth-order valence-corrected chi connectivity index (χ4v) is 1.87. The largest absolute Gasteiger partial charge is 0.416 e. The van der Waals surface area contributed by atoms with Gasteiger partial charge in [0.25, 0.3) is 0 Å². The molecule has 24 heavy (non-hydrogen) atoms. The molecule has 2 atom stereocenters. The van der Waals surface area contributed by atoms with Gasteiger partial charge >= 0.3 is 12.2 Å². The van der Waals surface area contributed by atoms with E-state index in [-0.39, 0.29) is 6.54 Å². The first-order valence-electron chi connectivity index (χ1n) is 7.23. The second-order valence-electron chi connectivity index (χ2n) is 5.16. The van der Waals surface area contributed by atoms with E-state index in [1.54, 1.807) is 6.92 Å². The first-order valence-corrected chi connectivity index (χ1v) is 7.23. The molecule has 0 spiro atoms. The van der Waals surface area contributed by atoms with Gasteiger partial charge in [-0.1, -0.05) is 12.1 Å². The number of carbonyl (C=O) groups excluding carboxylic acids is 2. The summed E-state index contributed by atoms with van der Waals surface area (Å²) in [4.78, 5) is 23.3. The first-order chi connectivity index (χ1) is 11.1. The third-order valence-corrected chi connectivity index (χ3v) is 3.22. The van der Waals surface area contributed by atoms with Gasteiger partial charge in [-0.3, -0.25) is 4.79 Å². The predicted octanol–water partition coefficient (Wildman–Crippen LogP) is 2.54.